The number of benzene rings is 2. The van der Waals surface area contributed by atoms with Gasteiger partial charge in [-0.25, -0.2) is 8.42 Å². The second kappa shape index (κ2) is 7.36. The highest BCUT2D eigenvalue weighted by atomic mass is 79.9. The second-order valence-corrected chi connectivity index (χ2v) is 8.30. The third kappa shape index (κ3) is 4.58. The monoisotopic (exact) mass is 410 g/mol. The van der Waals surface area contributed by atoms with Crippen molar-refractivity contribution >= 4 is 43.2 Å². The van der Waals surface area contributed by atoms with Gasteiger partial charge in [0, 0.05) is 21.8 Å². The van der Waals surface area contributed by atoms with Crippen molar-refractivity contribution < 1.29 is 13.2 Å². The lowest BCUT2D eigenvalue weighted by atomic mass is 10.2. The van der Waals surface area contributed by atoms with Crippen molar-refractivity contribution in [3.63, 3.8) is 0 Å². The Labute approximate surface area is 150 Å². The van der Waals surface area contributed by atoms with E-state index in [9.17, 15) is 13.2 Å². The molecule has 0 saturated heterocycles. The predicted molar refractivity (Wildman–Crippen MR) is 99.6 cm³/mol. The van der Waals surface area contributed by atoms with E-state index in [1.54, 1.807) is 63.2 Å². The number of nitrogens with one attached hydrogen (secondary N) is 2. The summed E-state index contributed by atoms with van der Waals surface area (Å²) in [7, 11) is -3.68. The molecule has 2 N–H and O–H groups in total. The van der Waals surface area contributed by atoms with Crippen molar-refractivity contribution in [1.29, 1.82) is 0 Å². The van der Waals surface area contributed by atoms with E-state index in [2.05, 4.69) is 26.0 Å². The van der Waals surface area contributed by atoms with E-state index in [1.807, 2.05) is 0 Å². The number of carbonyl (C=O) groups excluding carboxylic acids is 1. The molecule has 0 unspecified atom stereocenters. The lowest BCUT2D eigenvalue weighted by Crippen LogP contribution is -2.18. The Kier molecular flexibility index (Phi) is 5.66. The van der Waals surface area contributed by atoms with Crippen LogP contribution in [0.4, 0.5) is 11.4 Å². The van der Waals surface area contributed by atoms with Crippen LogP contribution in [-0.2, 0) is 14.8 Å². The van der Waals surface area contributed by atoms with Crippen LogP contribution in [-0.4, -0.2) is 14.3 Å². The molecule has 7 heteroatoms. The average molecular weight is 411 g/mol. The minimum absolute atomic E-state index is 0.0897. The van der Waals surface area contributed by atoms with Gasteiger partial charge in [0.1, 0.15) is 0 Å². The van der Waals surface area contributed by atoms with Gasteiger partial charge in [0.2, 0.25) is 5.91 Å². The van der Waals surface area contributed by atoms with Crippen LogP contribution in [0.2, 0.25) is 0 Å². The molecule has 5 nitrogen and oxygen atoms in total. The molecule has 2 rings (SSSR count). The zero-order valence-electron chi connectivity index (χ0n) is 13.6. The molecule has 1 amide bonds. The Morgan fingerprint density at radius 1 is 1.04 bits per heavy atom. The molecule has 0 saturated carbocycles. The maximum Gasteiger partial charge on any atom is 0.262 e. The van der Waals surface area contributed by atoms with Crippen LogP contribution in [0.15, 0.2) is 51.8 Å². The molecule has 0 spiro atoms. The molecule has 2 aromatic carbocycles. The normalized spacial score (nSPS) is 11.4. The Hall–Kier alpha value is -1.86. The van der Waals surface area contributed by atoms with Crippen molar-refractivity contribution in [2.24, 2.45) is 5.92 Å². The van der Waals surface area contributed by atoms with Crippen molar-refractivity contribution in [1.82, 2.24) is 0 Å². The summed E-state index contributed by atoms with van der Waals surface area (Å²) >= 11 is 3.29. The summed E-state index contributed by atoms with van der Waals surface area (Å²) in [4.78, 5) is 11.9. The van der Waals surface area contributed by atoms with E-state index >= 15 is 0 Å². The molecule has 24 heavy (non-hydrogen) atoms. The van der Waals surface area contributed by atoms with E-state index in [1.165, 1.54) is 0 Å². The largest absolute Gasteiger partial charge is 0.326 e. The topological polar surface area (TPSA) is 75.3 Å². The highest BCUT2D eigenvalue weighted by Gasteiger charge is 2.17. The van der Waals surface area contributed by atoms with Crippen molar-refractivity contribution in [3.05, 3.63) is 52.5 Å². The lowest BCUT2D eigenvalue weighted by molar-refractivity contribution is -0.118. The number of amides is 1. The van der Waals surface area contributed by atoms with Gasteiger partial charge in [0.25, 0.3) is 10.0 Å². The summed E-state index contributed by atoms with van der Waals surface area (Å²) in [6.07, 6.45) is 0. The first-order chi connectivity index (χ1) is 11.2. The summed E-state index contributed by atoms with van der Waals surface area (Å²) in [5.74, 6) is -0.212. The van der Waals surface area contributed by atoms with Crippen LogP contribution in [0.5, 0.6) is 0 Å². The van der Waals surface area contributed by atoms with Crippen LogP contribution in [0, 0.1) is 12.8 Å². The number of anilines is 2. The first kappa shape index (κ1) is 18.5. The molecule has 0 bridgehead atoms. The molecule has 2 aromatic rings. The number of hydrogen-bond donors (Lipinski definition) is 2. The second-order valence-electron chi connectivity index (χ2n) is 5.74. The van der Waals surface area contributed by atoms with Crippen LogP contribution in [0.1, 0.15) is 19.4 Å². The SMILES string of the molecule is Cc1ccc(Br)cc1S(=O)(=O)Nc1ccc(NC(=O)C(C)C)cc1. The number of hydrogen-bond acceptors (Lipinski definition) is 3. The van der Waals surface area contributed by atoms with E-state index < -0.39 is 10.0 Å². The van der Waals surface area contributed by atoms with Gasteiger partial charge in [-0.15, -0.1) is 0 Å². The van der Waals surface area contributed by atoms with Gasteiger partial charge in [-0.1, -0.05) is 35.8 Å². The zero-order valence-corrected chi connectivity index (χ0v) is 16.0. The Bertz CT molecular complexity index is 847. The van der Waals surface area contributed by atoms with Crippen molar-refractivity contribution in [3.8, 4) is 0 Å². The number of aryl methyl sites for hydroxylation is 1. The lowest BCUT2D eigenvalue weighted by Gasteiger charge is -2.12. The van der Waals surface area contributed by atoms with Gasteiger partial charge < -0.3 is 5.32 Å². The third-order valence-electron chi connectivity index (χ3n) is 3.37. The first-order valence-electron chi connectivity index (χ1n) is 7.39. The first-order valence-corrected chi connectivity index (χ1v) is 9.66. The molecule has 0 heterocycles. The van der Waals surface area contributed by atoms with Crippen molar-refractivity contribution in [2.45, 2.75) is 25.7 Å². The molecular weight excluding hydrogens is 392 g/mol. The summed E-state index contributed by atoms with van der Waals surface area (Å²) in [5, 5.41) is 2.76. The Morgan fingerprint density at radius 3 is 2.21 bits per heavy atom. The predicted octanol–water partition coefficient (Wildman–Crippen LogP) is 4.15. The number of halogens is 1. The quantitative estimate of drug-likeness (QED) is 0.776. The van der Waals surface area contributed by atoms with Gasteiger partial charge in [0.05, 0.1) is 4.90 Å². The van der Waals surface area contributed by atoms with Crippen LogP contribution < -0.4 is 10.0 Å². The fraction of sp³-hybridized carbons (Fsp3) is 0.235. The van der Waals surface area contributed by atoms with E-state index in [-0.39, 0.29) is 16.7 Å². The highest BCUT2D eigenvalue weighted by molar-refractivity contribution is 9.10. The molecular formula is C17H19BrN2O3S. The zero-order chi connectivity index (χ0) is 17.9. The molecule has 0 atom stereocenters. The molecule has 0 aliphatic rings. The maximum absolute atomic E-state index is 12.5. The molecule has 0 fully saturated rings. The van der Waals surface area contributed by atoms with Gasteiger partial charge in [-0.2, -0.15) is 0 Å². The molecule has 0 aliphatic heterocycles. The summed E-state index contributed by atoms with van der Waals surface area (Å²) in [6, 6.07) is 11.6. The summed E-state index contributed by atoms with van der Waals surface area (Å²) in [6.45, 7) is 5.35. The average Bonchev–Trinajstić information content (AvgIpc) is 2.51. The summed E-state index contributed by atoms with van der Waals surface area (Å²) in [5.41, 5.74) is 1.71. The number of sulfonamides is 1. The summed E-state index contributed by atoms with van der Waals surface area (Å²) < 4.78 is 28.3. The highest BCUT2D eigenvalue weighted by Crippen LogP contribution is 2.24. The Morgan fingerprint density at radius 2 is 1.62 bits per heavy atom. The van der Waals surface area contributed by atoms with E-state index in [0.717, 1.165) is 0 Å². The van der Waals surface area contributed by atoms with Gasteiger partial charge in [0.15, 0.2) is 0 Å². The fourth-order valence-corrected chi connectivity index (χ4v) is 3.82. The third-order valence-corrected chi connectivity index (χ3v) is 5.39. The van der Waals surface area contributed by atoms with Crippen LogP contribution in [0.25, 0.3) is 0 Å². The van der Waals surface area contributed by atoms with E-state index in [0.29, 0.717) is 21.4 Å². The maximum atomic E-state index is 12.5. The molecule has 0 aliphatic carbocycles. The minimum atomic E-state index is -3.68. The fourth-order valence-electron chi connectivity index (χ4n) is 1.98. The molecule has 0 radical (unpaired) electrons. The standard InChI is InChI=1S/C17H19BrN2O3S/c1-11(2)17(21)19-14-6-8-15(9-7-14)20-24(22,23)16-10-13(18)5-4-12(16)3/h4-11,20H,1-3H3,(H,19,21). The smallest absolute Gasteiger partial charge is 0.262 e. The minimum Gasteiger partial charge on any atom is -0.326 e. The van der Waals surface area contributed by atoms with Crippen molar-refractivity contribution in [2.75, 3.05) is 10.0 Å². The van der Waals surface area contributed by atoms with Gasteiger partial charge >= 0.3 is 0 Å². The van der Waals surface area contributed by atoms with E-state index in [4.69, 9.17) is 0 Å². The van der Waals surface area contributed by atoms with Gasteiger partial charge in [-0.3, -0.25) is 9.52 Å². The number of rotatable bonds is 5. The number of carbonyl (C=O) groups is 1. The molecule has 128 valence electrons. The van der Waals surface area contributed by atoms with Gasteiger partial charge in [-0.05, 0) is 48.9 Å². The van der Waals surface area contributed by atoms with Crippen LogP contribution in [0.3, 0.4) is 0 Å². The molecule has 0 aromatic heterocycles. The Balaban J connectivity index is 2.18. The van der Waals surface area contributed by atoms with Crippen LogP contribution >= 0.6 is 15.9 Å².